The van der Waals surface area contributed by atoms with Gasteiger partial charge in [0.2, 0.25) is 0 Å². The highest BCUT2D eigenvalue weighted by Crippen LogP contribution is 2.26. The van der Waals surface area contributed by atoms with Crippen LogP contribution in [0.5, 0.6) is 0 Å². The Kier molecular flexibility index (Phi) is 4.19. The van der Waals surface area contributed by atoms with Crippen molar-refractivity contribution in [2.24, 2.45) is 5.92 Å². The van der Waals surface area contributed by atoms with Gasteiger partial charge in [-0.3, -0.25) is 4.90 Å². The summed E-state index contributed by atoms with van der Waals surface area (Å²) in [6, 6.07) is 8.74. The monoisotopic (exact) mass is 233 g/mol. The van der Waals surface area contributed by atoms with E-state index >= 15 is 0 Å². The molecule has 1 aromatic rings. The highest BCUT2D eigenvalue weighted by Gasteiger charge is 2.23. The Morgan fingerprint density at radius 2 is 1.82 bits per heavy atom. The van der Waals surface area contributed by atoms with E-state index in [1.807, 2.05) is 0 Å². The average Bonchev–Trinajstić information content (AvgIpc) is 2.35. The lowest BCUT2D eigenvalue weighted by atomic mass is 9.96. The number of aryl methyl sites for hydroxylation is 1. The van der Waals surface area contributed by atoms with Gasteiger partial charge in [0.15, 0.2) is 0 Å². The van der Waals surface area contributed by atoms with Crippen LogP contribution in [-0.2, 0) is 0 Å². The van der Waals surface area contributed by atoms with Crippen LogP contribution in [0.4, 0.5) is 0 Å². The van der Waals surface area contributed by atoms with E-state index in [1.165, 1.54) is 24.0 Å². The predicted octanol–water partition coefficient (Wildman–Crippen LogP) is 2.76. The molecule has 1 fully saturated rings. The zero-order valence-electron chi connectivity index (χ0n) is 10.9. The van der Waals surface area contributed by atoms with Gasteiger partial charge in [0.05, 0.1) is 12.6 Å². The number of rotatable bonds is 3. The smallest absolute Gasteiger partial charge is 0.0628 e. The fourth-order valence-electron chi connectivity index (χ4n) is 2.56. The first-order chi connectivity index (χ1) is 8.20. The topological polar surface area (TPSA) is 23.5 Å². The lowest BCUT2D eigenvalue weighted by molar-refractivity contribution is 0.0897. The summed E-state index contributed by atoms with van der Waals surface area (Å²) < 4.78 is 0. The summed E-state index contributed by atoms with van der Waals surface area (Å²) in [6.07, 6.45) is 2.50. The number of piperidine rings is 1. The molecule has 2 rings (SSSR count). The molecule has 0 aliphatic carbocycles. The van der Waals surface area contributed by atoms with Crippen molar-refractivity contribution in [1.82, 2.24) is 4.90 Å². The van der Waals surface area contributed by atoms with Gasteiger partial charge in [-0.05, 0) is 44.3 Å². The fraction of sp³-hybridized carbons (Fsp3) is 0.600. The summed E-state index contributed by atoms with van der Waals surface area (Å²) in [4.78, 5) is 2.42. The van der Waals surface area contributed by atoms with E-state index in [1.54, 1.807) is 0 Å². The first-order valence-electron chi connectivity index (χ1n) is 6.62. The summed E-state index contributed by atoms with van der Waals surface area (Å²) in [5, 5.41) is 9.63. The second kappa shape index (κ2) is 5.65. The molecule has 1 N–H and O–H groups in total. The van der Waals surface area contributed by atoms with E-state index < -0.39 is 0 Å². The Bertz CT molecular complexity index is 338. The third-order valence-electron chi connectivity index (χ3n) is 3.89. The van der Waals surface area contributed by atoms with Gasteiger partial charge in [0.25, 0.3) is 0 Å². The second-order valence-corrected chi connectivity index (χ2v) is 5.33. The summed E-state index contributed by atoms with van der Waals surface area (Å²) >= 11 is 0. The number of benzene rings is 1. The largest absolute Gasteiger partial charge is 0.394 e. The van der Waals surface area contributed by atoms with Gasteiger partial charge in [0.1, 0.15) is 0 Å². The van der Waals surface area contributed by atoms with Gasteiger partial charge in [0, 0.05) is 0 Å². The van der Waals surface area contributed by atoms with Crippen molar-refractivity contribution in [2.45, 2.75) is 32.7 Å². The quantitative estimate of drug-likeness (QED) is 0.867. The average molecular weight is 233 g/mol. The molecule has 2 nitrogen and oxygen atoms in total. The molecule has 0 spiro atoms. The minimum atomic E-state index is 0.183. The molecule has 17 heavy (non-hydrogen) atoms. The van der Waals surface area contributed by atoms with E-state index in [9.17, 15) is 5.11 Å². The van der Waals surface area contributed by atoms with E-state index in [0.717, 1.165) is 19.0 Å². The molecule has 2 heteroatoms. The van der Waals surface area contributed by atoms with Crippen LogP contribution >= 0.6 is 0 Å². The molecule has 1 aliphatic heterocycles. The van der Waals surface area contributed by atoms with Gasteiger partial charge >= 0.3 is 0 Å². The summed E-state index contributed by atoms with van der Waals surface area (Å²) in [5.41, 5.74) is 2.52. The Morgan fingerprint density at radius 1 is 1.24 bits per heavy atom. The van der Waals surface area contributed by atoms with Crippen LogP contribution in [0.25, 0.3) is 0 Å². The van der Waals surface area contributed by atoms with Crippen molar-refractivity contribution in [3.63, 3.8) is 0 Å². The van der Waals surface area contributed by atoms with E-state index in [-0.39, 0.29) is 12.6 Å². The summed E-state index contributed by atoms with van der Waals surface area (Å²) in [6.45, 7) is 6.86. The van der Waals surface area contributed by atoms with Gasteiger partial charge < -0.3 is 5.11 Å². The Labute approximate surface area is 104 Å². The van der Waals surface area contributed by atoms with Gasteiger partial charge in [-0.25, -0.2) is 0 Å². The lowest BCUT2D eigenvalue weighted by Crippen LogP contribution is -2.37. The molecule has 0 radical (unpaired) electrons. The fourth-order valence-corrected chi connectivity index (χ4v) is 2.56. The molecule has 0 saturated carbocycles. The minimum Gasteiger partial charge on any atom is -0.394 e. The van der Waals surface area contributed by atoms with Gasteiger partial charge in [-0.15, -0.1) is 0 Å². The molecule has 0 aromatic heterocycles. The Hall–Kier alpha value is -0.860. The maximum Gasteiger partial charge on any atom is 0.0628 e. The van der Waals surface area contributed by atoms with E-state index in [4.69, 9.17) is 0 Å². The summed E-state index contributed by atoms with van der Waals surface area (Å²) in [7, 11) is 0. The van der Waals surface area contributed by atoms with Crippen molar-refractivity contribution in [3.05, 3.63) is 35.4 Å². The number of hydrogen-bond acceptors (Lipinski definition) is 2. The number of likely N-dealkylation sites (tertiary alicyclic amines) is 1. The Morgan fingerprint density at radius 3 is 2.35 bits per heavy atom. The molecule has 1 atom stereocenters. The zero-order chi connectivity index (χ0) is 12.3. The van der Waals surface area contributed by atoms with Crippen molar-refractivity contribution < 1.29 is 5.11 Å². The number of hydrogen-bond donors (Lipinski definition) is 1. The van der Waals surface area contributed by atoms with Crippen molar-refractivity contribution in [2.75, 3.05) is 19.7 Å². The van der Waals surface area contributed by atoms with Crippen LogP contribution in [0.15, 0.2) is 24.3 Å². The molecule has 1 heterocycles. The Balaban J connectivity index is 2.08. The first-order valence-corrected chi connectivity index (χ1v) is 6.62. The van der Waals surface area contributed by atoms with Crippen LogP contribution in [0.1, 0.15) is 36.9 Å². The zero-order valence-corrected chi connectivity index (χ0v) is 10.9. The van der Waals surface area contributed by atoms with Crippen LogP contribution < -0.4 is 0 Å². The molecule has 94 valence electrons. The molecule has 1 saturated heterocycles. The van der Waals surface area contributed by atoms with Gasteiger partial charge in [-0.2, -0.15) is 0 Å². The maximum atomic E-state index is 9.63. The van der Waals surface area contributed by atoms with Crippen LogP contribution in [0.3, 0.4) is 0 Å². The third kappa shape index (κ3) is 3.08. The second-order valence-electron chi connectivity index (χ2n) is 5.33. The van der Waals surface area contributed by atoms with E-state index in [2.05, 4.69) is 43.0 Å². The maximum absolute atomic E-state index is 9.63. The number of aliphatic hydroxyl groups excluding tert-OH is 1. The normalized spacial score (nSPS) is 20.4. The van der Waals surface area contributed by atoms with Crippen LogP contribution in [0, 0.1) is 12.8 Å². The van der Waals surface area contributed by atoms with E-state index in [0.29, 0.717) is 0 Å². The minimum absolute atomic E-state index is 0.183. The highest BCUT2D eigenvalue weighted by atomic mass is 16.3. The SMILES string of the molecule is Cc1ccc(C(CO)N2CCC(C)CC2)cc1. The van der Waals surface area contributed by atoms with Crippen LogP contribution in [-0.4, -0.2) is 29.7 Å². The van der Waals surface area contributed by atoms with Crippen molar-refractivity contribution in [1.29, 1.82) is 0 Å². The van der Waals surface area contributed by atoms with Crippen LogP contribution in [0.2, 0.25) is 0 Å². The van der Waals surface area contributed by atoms with Crippen molar-refractivity contribution in [3.8, 4) is 0 Å². The molecule has 0 bridgehead atoms. The molecule has 1 aromatic carbocycles. The van der Waals surface area contributed by atoms with Gasteiger partial charge in [-0.1, -0.05) is 36.8 Å². The number of nitrogens with zero attached hydrogens (tertiary/aromatic N) is 1. The molecule has 1 unspecified atom stereocenters. The highest BCUT2D eigenvalue weighted by molar-refractivity contribution is 5.24. The predicted molar refractivity (Wildman–Crippen MR) is 71.0 cm³/mol. The third-order valence-corrected chi connectivity index (χ3v) is 3.89. The molecule has 0 amide bonds. The van der Waals surface area contributed by atoms with Crippen molar-refractivity contribution >= 4 is 0 Å². The molecular formula is C15H23NO. The standard InChI is InChI=1S/C15H23NO/c1-12-3-5-14(6-4-12)15(11-17)16-9-7-13(2)8-10-16/h3-6,13,15,17H,7-11H2,1-2H3. The molecular weight excluding hydrogens is 210 g/mol. The first kappa shape index (κ1) is 12.6. The number of aliphatic hydroxyl groups is 1. The molecule has 1 aliphatic rings. The lowest BCUT2D eigenvalue weighted by Gasteiger charge is -2.36. The summed E-state index contributed by atoms with van der Waals surface area (Å²) in [5.74, 6) is 0.837.